The SMILES string of the molecule is CCOc1ccccc1N(CC(=O)N(CCc1ccccc1)[C@@H](CC)C(=O)NC(C)(C)C)S(C)(=O)=O. The maximum Gasteiger partial charge on any atom is 0.244 e. The summed E-state index contributed by atoms with van der Waals surface area (Å²) in [6, 6.07) is 15.6. The van der Waals surface area contributed by atoms with Crippen molar-refractivity contribution in [3.63, 3.8) is 0 Å². The lowest BCUT2D eigenvalue weighted by atomic mass is 10.1. The highest BCUT2D eigenvalue weighted by Gasteiger charge is 2.33. The predicted molar refractivity (Wildman–Crippen MR) is 144 cm³/mol. The van der Waals surface area contributed by atoms with Gasteiger partial charge in [0.25, 0.3) is 0 Å². The van der Waals surface area contributed by atoms with E-state index < -0.39 is 34.1 Å². The number of nitrogens with zero attached hydrogens (tertiary/aromatic N) is 2. The topological polar surface area (TPSA) is 96.0 Å². The second-order valence-electron chi connectivity index (χ2n) is 9.66. The average Bonchev–Trinajstić information content (AvgIpc) is 2.79. The van der Waals surface area contributed by atoms with E-state index in [9.17, 15) is 18.0 Å². The van der Waals surface area contributed by atoms with E-state index >= 15 is 0 Å². The number of carbonyl (C=O) groups is 2. The summed E-state index contributed by atoms with van der Waals surface area (Å²) in [5.74, 6) is -0.364. The van der Waals surface area contributed by atoms with Crippen molar-refractivity contribution >= 4 is 27.5 Å². The Balaban J connectivity index is 2.43. The number of benzene rings is 2. The molecular weight excluding hydrogens is 478 g/mol. The lowest BCUT2D eigenvalue weighted by Gasteiger charge is -2.34. The van der Waals surface area contributed by atoms with Gasteiger partial charge in [0, 0.05) is 12.1 Å². The summed E-state index contributed by atoms with van der Waals surface area (Å²) in [5, 5.41) is 2.96. The minimum atomic E-state index is -3.83. The molecule has 1 atom stereocenters. The van der Waals surface area contributed by atoms with E-state index in [1.54, 1.807) is 31.2 Å². The largest absolute Gasteiger partial charge is 0.492 e. The zero-order chi connectivity index (χ0) is 26.9. The lowest BCUT2D eigenvalue weighted by Crippen LogP contribution is -2.56. The molecule has 0 spiro atoms. The third-order valence-electron chi connectivity index (χ3n) is 5.48. The van der Waals surface area contributed by atoms with Gasteiger partial charge >= 0.3 is 0 Å². The molecule has 1 N–H and O–H groups in total. The molecule has 0 aliphatic heterocycles. The zero-order valence-corrected chi connectivity index (χ0v) is 23.0. The fraction of sp³-hybridized carbons (Fsp3) is 0.481. The minimum Gasteiger partial charge on any atom is -0.492 e. The van der Waals surface area contributed by atoms with Gasteiger partial charge < -0.3 is 15.0 Å². The Morgan fingerprint density at radius 2 is 1.61 bits per heavy atom. The van der Waals surface area contributed by atoms with Crippen molar-refractivity contribution in [1.82, 2.24) is 10.2 Å². The molecule has 2 aromatic carbocycles. The number of amides is 2. The van der Waals surface area contributed by atoms with E-state index in [2.05, 4.69) is 5.32 Å². The van der Waals surface area contributed by atoms with Crippen LogP contribution < -0.4 is 14.4 Å². The zero-order valence-electron chi connectivity index (χ0n) is 22.2. The second-order valence-corrected chi connectivity index (χ2v) is 11.6. The summed E-state index contributed by atoms with van der Waals surface area (Å²) < 4.78 is 32.3. The molecule has 9 heteroatoms. The van der Waals surface area contributed by atoms with Crippen LogP contribution in [0.4, 0.5) is 5.69 Å². The molecule has 0 aromatic heterocycles. The van der Waals surface area contributed by atoms with E-state index in [0.717, 1.165) is 16.1 Å². The van der Waals surface area contributed by atoms with Gasteiger partial charge in [0.1, 0.15) is 18.3 Å². The Kier molecular flexibility index (Phi) is 10.3. The van der Waals surface area contributed by atoms with Gasteiger partial charge in [0.2, 0.25) is 21.8 Å². The number of anilines is 1. The number of sulfonamides is 1. The number of carbonyl (C=O) groups excluding carboxylic acids is 2. The van der Waals surface area contributed by atoms with Gasteiger partial charge in [-0.05, 0) is 58.2 Å². The molecule has 0 radical (unpaired) electrons. The van der Waals surface area contributed by atoms with Crippen LogP contribution in [0.2, 0.25) is 0 Å². The number of hydrogen-bond acceptors (Lipinski definition) is 5. The van der Waals surface area contributed by atoms with Gasteiger partial charge in [-0.25, -0.2) is 8.42 Å². The van der Waals surface area contributed by atoms with Crippen LogP contribution in [0.1, 0.15) is 46.6 Å². The van der Waals surface area contributed by atoms with Gasteiger partial charge in [-0.3, -0.25) is 13.9 Å². The highest BCUT2D eigenvalue weighted by molar-refractivity contribution is 7.92. The summed E-state index contributed by atoms with van der Waals surface area (Å²) in [6.07, 6.45) is 1.97. The van der Waals surface area contributed by atoms with Gasteiger partial charge in [0.05, 0.1) is 18.6 Å². The molecule has 198 valence electrons. The Morgan fingerprint density at radius 3 is 2.17 bits per heavy atom. The van der Waals surface area contributed by atoms with Crippen molar-refractivity contribution in [3.8, 4) is 5.75 Å². The third-order valence-corrected chi connectivity index (χ3v) is 6.61. The molecule has 0 bridgehead atoms. The molecule has 0 aliphatic rings. The van der Waals surface area contributed by atoms with Gasteiger partial charge in [-0.2, -0.15) is 0 Å². The van der Waals surface area contributed by atoms with Crippen molar-refractivity contribution in [3.05, 3.63) is 60.2 Å². The monoisotopic (exact) mass is 517 g/mol. The molecule has 0 saturated carbocycles. The molecule has 36 heavy (non-hydrogen) atoms. The summed E-state index contributed by atoms with van der Waals surface area (Å²) in [7, 11) is -3.83. The fourth-order valence-corrected chi connectivity index (χ4v) is 4.74. The first kappa shape index (κ1) is 29.2. The molecular formula is C27H39N3O5S. The molecule has 8 nitrogen and oxygen atoms in total. The molecule has 0 fully saturated rings. The van der Waals surface area contributed by atoms with E-state index in [1.807, 2.05) is 58.0 Å². The van der Waals surface area contributed by atoms with E-state index in [1.165, 1.54) is 4.90 Å². The van der Waals surface area contributed by atoms with Gasteiger partial charge in [-0.1, -0.05) is 49.4 Å². The van der Waals surface area contributed by atoms with Crippen LogP contribution in [-0.2, 0) is 26.0 Å². The first-order chi connectivity index (χ1) is 16.9. The summed E-state index contributed by atoms with van der Waals surface area (Å²) in [4.78, 5) is 28.4. The first-order valence-corrected chi connectivity index (χ1v) is 14.1. The van der Waals surface area contributed by atoms with Crippen LogP contribution in [0.3, 0.4) is 0 Å². The maximum absolute atomic E-state index is 13.7. The number of para-hydroxylation sites is 2. The van der Waals surface area contributed by atoms with E-state index in [0.29, 0.717) is 25.2 Å². The Morgan fingerprint density at radius 1 is 1.00 bits per heavy atom. The number of hydrogen-bond donors (Lipinski definition) is 1. The molecule has 0 unspecified atom stereocenters. The Labute approximate surface area is 215 Å². The highest BCUT2D eigenvalue weighted by atomic mass is 32.2. The second kappa shape index (κ2) is 12.8. The molecule has 2 amide bonds. The van der Waals surface area contributed by atoms with Gasteiger partial charge in [0.15, 0.2) is 0 Å². The summed E-state index contributed by atoms with van der Waals surface area (Å²) >= 11 is 0. The molecule has 2 aromatic rings. The minimum absolute atomic E-state index is 0.267. The van der Waals surface area contributed by atoms with Gasteiger partial charge in [-0.15, -0.1) is 0 Å². The lowest BCUT2D eigenvalue weighted by molar-refractivity contribution is -0.140. The Hall–Kier alpha value is -3.07. The van der Waals surface area contributed by atoms with Crippen LogP contribution in [0, 0.1) is 0 Å². The van der Waals surface area contributed by atoms with Crippen molar-refractivity contribution < 1.29 is 22.7 Å². The molecule has 0 heterocycles. The predicted octanol–water partition coefficient (Wildman–Crippen LogP) is 3.62. The quantitative estimate of drug-likeness (QED) is 0.464. The normalized spacial score (nSPS) is 12.5. The maximum atomic E-state index is 13.7. The third kappa shape index (κ3) is 8.55. The summed E-state index contributed by atoms with van der Waals surface area (Å²) in [5.41, 5.74) is 0.821. The Bertz CT molecular complexity index is 1110. The molecule has 0 aliphatic carbocycles. The van der Waals surface area contributed by atoms with Crippen molar-refractivity contribution in [1.29, 1.82) is 0 Å². The van der Waals surface area contributed by atoms with Crippen molar-refractivity contribution in [2.45, 2.75) is 59.0 Å². The molecule has 0 saturated heterocycles. The fourth-order valence-electron chi connectivity index (χ4n) is 3.88. The van der Waals surface area contributed by atoms with Crippen LogP contribution in [0.15, 0.2) is 54.6 Å². The van der Waals surface area contributed by atoms with Crippen molar-refractivity contribution in [2.75, 3.05) is 30.3 Å². The molecule has 2 rings (SSSR count). The van der Waals surface area contributed by atoms with E-state index in [-0.39, 0.29) is 18.1 Å². The smallest absolute Gasteiger partial charge is 0.244 e. The number of rotatable bonds is 12. The number of nitrogens with one attached hydrogen (secondary N) is 1. The van der Waals surface area contributed by atoms with Crippen LogP contribution >= 0.6 is 0 Å². The first-order valence-electron chi connectivity index (χ1n) is 12.2. The average molecular weight is 518 g/mol. The summed E-state index contributed by atoms with van der Waals surface area (Å²) in [6.45, 7) is 9.45. The van der Waals surface area contributed by atoms with E-state index in [4.69, 9.17) is 4.74 Å². The van der Waals surface area contributed by atoms with Crippen LogP contribution in [-0.4, -0.2) is 62.7 Å². The van der Waals surface area contributed by atoms with Crippen LogP contribution in [0.5, 0.6) is 5.75 Å². The standard InChI is InChI=1S/C27H39N3O5S/c1-7-22(26(32)28-27(3,4)5)29(19-18-21-14-10-9-11-15-21)25(31)20-30(36(6,33)34)23-16-12-13-17-24(23)35-8-2/h9-17,22H,7-8,18-20H2,1-6H3,(H,28,32)/t22-/m0/s1. The van der Waals surface area contributed by atoms with Crippen LogP contribution in [0.25, 0.3) is 0 Å². The number of ether oxygens (including phenoxy) is 1. The highest BCUT2D eigenvalue weighted by Crippen LogP contribution is 2.30. The van der Waals surface area contributed by atoms with Crippen molar-refractivity contribution in [2.24, 2.45) is 0 Å².